The Morgan fingerprint density at radius 1 is 1.11 bits per heavy atom. The maximum absolute atomic E-state index is 12.6. The van der Waals surface area contributed by atoms with Gasteiger partial charge in [0, 0.05) is 37.3 Å². The van der Waals surface area contributed by atoms with Gasteiger partial charge in [0.1, 0.15) is 0 Å². The molecule has 2 heterocycles. The lowest BCUT2D eigenvalue weighted by molar-refractivity contribution is -0.128. The van der Waals surface area contributed by atoms with Gasteiger partial charge in [0.25, 0.3) is 0 Å². The van der Waals surface area contributed by atoms with Crippen LogP contribution in [0, 0.1) is 5.92 Å². The number of aryl methyl sites for hydroxylation is 1. The van der Waals surface area contributed by atoms with Crippen LogP contribution >= 0.6 is 0 Å². The molecule has 144 valence electrons. The van der Waals surface area contributed by atoms with E-state index in [1.165, 1.54) is 5.56 Å². The summed E-state index contributed by atoms with van der Waals surface area (Å²) in [7, 11) is 0. The molecule has 2 aliphatic heterocycles. The van der Waals surface area contributed by atoms with Crippen molar-refractivity contribution in [2.75, 3.05) is 23.7 Å². The summed E-state index contributed by atoms with van der Waals surface area (Å²) >= 11 is 0. The van der Waals surface area contributed by atoms with Gasteiger partial charge >= 0.3 is 0 Å². The third kappa shape index (κ3) is 4.06. The summed E-state index contributed by atoms with van der Waals surface area (Å²) in [4.78, 5) is 38.2. The lowest BCUT2D eigenvalue weighted by atomic mass is 10.0. The van der Waals surface area contributed by atoms with E-state index in [-0.39, 0.29) is 30.1 Å². The van der Waals surface area contributed by atoms with Crippen molar-refractivity contribution in [1.82, 2.24) is 4.90 Å². The largest absolute Gasteiger partial charge is 0.342 e. The van der Waals surface area contributed by atoms with Gasteiger partial charge in [-0.1, -0.05) is 30.3 Å². The summed E-state index contributed by atoms with van der Waals surface area (Å²) < 4.78 is 0. The standard InChI is InChI=1S/C22H23N3O3/c26-20-9-6-16-12-18(7-8-19(16)24-20)23-22(28)17-13-21(27)25(14-17)11-10-15-4-2-1-3-5-15/h1-5,7-8,12,17H,6,9-11,13-14H2,(H,23,28)(H,24,26)/t17-/m0/s1. The first-order chi connectivity index (χ1) is 13.6. The van der Waals surface area contributed by atoms with Crippen LogP contribution in [0.15, 0.2) is 48.5 Å². The first-order valence-corrected chi connectivity index (χ1v) is 9.64. The van der Waals surface area contributed by atoms with Gasteiger partial charge in [-0.3, -0.25) is 14.4 Å². The van der Waals surface area contributed by atoms with Gasteiger partial charge in [-0.25, -0.2) is 0 Å². The van der Waals surface area contributed by atoms with E-state index in [0.29, 0.717) is 31.6 Å². The molecule has 2 aromatic rings. The molecule has 0 bridgehead atoms. The summed E-state index contributed by atoms with van der Waals surface area (Å²) in [5.41, 5.74) is 3.71. The summed E-state index contributed by atoms with van der Waals surface area (Å²) in [6.07, 6.45) is 2.16. The molecule has 6 nitrogen and oxygen atoms in total. The van der Waals surface area contributed by atoms with Gasteiger partial charge in [-0.15, -0.1) is 0 Å². The van der Waals surface area contributed by atoms with Gasteiger partial charge in [-0.05, 0) is 42.2 Å². The molecule has 0 aliphatic carbocycles. The van der Waals surface area contributed by atoms with Gasteiger partial charge in [-0.2, -0.15) is 0 Å². The van der Waals surface area contributed by atoms with E-state index in [4.69, 9.17) is 0 Å². The molecule has 2 N–H and O–H groups in total. The first-order valence-electron chi connectivity index (χ1n) is 9.64. The number of fused-ring (bicyclic) bond motifs is 1. The molecule has 4 rings (SSSR count). The van der Waals surface area contributed by atoms with Crippen molar-refractivity contribution in [3.63, 3.8) is 0 Å². The number of hydrogen-bond acceptors (Lipinski definition) is 3. The molecule has 0 aromatic heterocycles. The molecule has 0 unspecified atom stereocenters. The highest BCUT2D eigenvalue weighted by Crippen LogP contribution is 2.27. The fraction of sp³-hybridized carbons (Fsp3) is 0.318. The minimum atomic E-state index is -0.334. The van der Waals surface area contributed by atoms with E-state index in [1.54, 1.807) is 11.0 Å². The number of benzene rings is 2. The number of nitrogens with one attached hydrogen (secondary N) is 2. The highest BCUT2D eigenvalue weighted by molar-refractivity contribution is 5.98. The van der Waals surface area contributed by atoms with Gasteiger partial charge < -0.3 is 15.5 Å². The van der Waals surface area contributed by atoms with E-state index in [9.17, 15) is 14.4 Å². The van der Waals surface area contributed by atoms with E-state index in [1.807, 2.05) is 42.5 Å². The molecule has 0 saturated carbocycles. The Morgan fingerprint density at radius 2 is 1.93 bits per heavy atom. The number of likely N-dealkylation sites (tertiary alicyclic amines) is 1. The Hall–Kier alpha value is -3.15. The van der Waals surface area contributed by atoms with Crippen LogP contribution in [-0.4, -0.2) is 35.7 Å². The predicted octanol–water partition coefficient (Wildman–Crippen LogP) is 2.60. The Bertz CT molecular complexity index is 910. The van der Waals surface area contributed by atoms with Crippen LogP contribution in [0.3, 0.4) is 0 Å². The Labute approximate surface area is 163 Å². The third-order valence-electron chi connectivity index (χ3n) is 5.37. The van der Waals surface area contributed by atoms with Crippen LogP contribution in [0.2, 0.25) is 0 Å². The minimum Gasteiger partial charge on any atom is -0.342 e. The van der Waals surface area contributed by atoms with E-state index >= 15 is 0 Å². The molecule has 0 radical (unpaired) electrons. The summed E-state index contributed by atoms with van der Waals surface area (Å²) in [6.45, 7) is 1.09. The molecule has 28 heavy (non-hydrogen) atoms. The minimum absolute atomic E-state index is 0.0179. The van der Waals surface area contributed by atoms with Gasteiger partial charge in [0.2, 0.25) is 17.7 Å². The zero-order chi connectivity index (χ0) is 19.5. The van der Waals surface area contributed by atoms with Crippen LogP contribution in [0.5, 0.6) is 0 Å². The third-order valence-corrected chi connectivity index (χ3v) is 5.37. The fourth-order valence-electron chi connectivity index (χ4n) is 3.78. The number of hydrogen-bond donors (Lipinski definition) is 2. The van der Waals surface area contributed by atoms with Crippen molar-refractivity contribution in [3.05, 3.63) is 59.7 Å². The number of nitrogens with zero attached hydrogens (tertiary/aromatic N) is 1. The molecule has 1 fully saturated rings. The van der Waals surface area contributed by atoms with Crippen LogP contribution in [0.1, 0.15) is 24.0 Å². The molecule has 2 aliphatic rings. The van der Waals surface area contributed by atoms with E-state index < -0.39 is 0 Å². The molecule has 6 heteroatoms. The Morgan fingerprint density at radius 3 is 2.75 bits per heavy atom. The average Bonchev–Trinajstić information content (AvgIpc) is 3.08. The summed E-state index contributed by atoms with van der Waals surface area (Å²) in [6, 6.07) is 15.5. The molecule has 2 aromatic carbocycles. The monoisotopic (exact) mass is 377 g/mol. The smallest absolute Gasteiger partial charge is 0.229 e. The number of carbonyl (C=O) groups excluding carboxylic acids is 3. The van der Waals surface area contributed by atoms with Crippen LogP contribution in [0.25, 0.3) is 0 Å². The van der Waals surface area contributed by atoms with Crippen LogP contribution < -0.4 is 10.6 Å². The molecule has 1 atom stereocenters. The van der Waals surface area contributed by atoms with Gasteiger partial charge in [0.05, 0.1) is 5.92 Å². The van der Waals surface area contributed by atoms with Crippen molar-refractivity contribution in [2.24, 2.45) is 5.92 Å². The fourth-order valence-corrected chi connectivity index (χ4v) is 3.78. The highest BCUT2D eigenvalue weighted by Gasteiger charge is 2.34. The van der Waals surface area contributed by atoms with Crippen molar-refractivity contribution in [3.8, 4) is 0 Å². The molecular formula is C22H23N3O3. The normalized spacial score (nSPS) is 18.6. The maximum atomic E-state index is 12.6. The number of amides is 3. The summed E-state index contributed by atoms with van der Waals surface area (Å²) in [5, 5.41) is 5.76. The number of rotatable bonds is 5. The van der Waals surface area contributed by atoms with Crippen molar-refractivity contribution in [2.45, 2.75) is 25.7 Å². The second kappa shape index (κ2) is 7.84. The maximum Gasteiger partial charge on any atom is 0.229 e. The lowest BCUT2D eigenvalue weighted by Gasteiger charge is -2.19. The molecule has 0 spiro atoms. The second-order valence-corrected chi connectivity index (χ2v) is 7.39. The first kappa shape index (κ1) is 18.2. The van der Waals surface area contributed by atoms with Crippen molar-refractivity contribution in [1.29, 1.82) is 0 Å². The zero-order valence-corrected chi connectivity index (χ0v) is 15.6. The van der Waals surface area contributed by atoms with Gasteiger partial charge in [0.15, 0.2) is 0 Å². The zero-order valence-electron chi connectivity index (χ0n) is 15.6. The Kier molecular flexibility index (Phi) is 5.10. The van der Waals surface area contributed by atoms with Crippen molar-refractivity contribution >= 4 is 29.1 Å². The van der Waals surface area contributed by atoms with Crippen LogP contribution in [-0.2, 0) is 27.2 Å². The SMILES string of the molecule is O=C1CCc2cc(NC(=O)[C@H]3CC(=O)N(CCc4ccccc4)C3)ccc2N1. The van der Waals surface area contributed by atoms with E-state index in [2.05, 4.69) is 10.6 Å². The topological polar surface area (TPSA) is 78.5 Å². The second-order valence-electron chi connectivity index (χ2n) is 7.39. The summed E-state index contributed by atoms with van der Waals surface area (Å²) in [5.74, 6) is -0.414. The molecule has 1 saturated heterocycles. The number of anilines is 2. The lowest BCUT2D eigenvalue weighted by Crippen LogP contribution is -2.30. The van der Waals surface area contributed by atoms with Crippen molar-refractivity contribution < 1.29 is 14.4 Å². The molecule has 3 amide bonds. The predicted molar refractivity (Wildman–Crippen MR) is 107 cm³/mol. The quantitative estimate of drug-likeness (QED) is 0.841. The average molecular weight is 377 g/mol. The van der Waals surface area contributed by atoms with Crippen LogP contribution in [0.4, 0.5) is 11.4 Å². The molecular weight excluding hydrogens is 354 g/mol. The number of carbonyl (C=O) groups is 3. The van der Waals surface area contributed by atoms with E-state index in [0.717, 1.165) is 17.7 Å². The Balaban J connectivity index is 1.34. The highest BCUT2D eigenvalue weighted by atomic mass is 16.2.